The molecule has 2 N–H and O–H groups in total. The number of nitrogens with two attached hydrogens (primary N) is 1. The summed E-state index contributed by atoms with van der Waals surface area (Å²) in [7, 11) is 3.65. The zero-order valence-electron chi connectivity index (χ0n) is 14.8. The summed E-state index contributed by atoms with van der Waals surface area (Å²) in [4.78, 5) is 11.0. The first-order valence-electron chi connectivity index (χ1n) is 8.84. The van der Waals surface area contributed by atoms with Crippen molar-refractivity contribution in [1.29, 1.82) is 0 Å². The van der Waals surface area contributed by atoms with Crippen LogP contribution in [0.3, 0.4) is 0 Å². The number of methoxy groups -OCH3 is 1. The van der Waals surface area contributed by atoms with E-state index in [1.807, 2.05) is 14.2 Å². The van der Waals surface area contributed by atoms with Crippen molar-refractivity contribution in [3.63, 3.8) is 0 Å². The van der Waals surface area contributed by atoms with Gasteiger partial charge in [-0.2, -0.15) is 0 Å². The smallest absolute Gasteiger partial charge is 0.216 e. The molecule has 1 atom stereocenters. The Balaban J connectivity index is 1.84. The molecule has 5 nitrogen and oxygen atoms in total. The lowest BCUT2D eigenvalue weighted by atomic mass is 9.61. The summed E-state index contributed by atoms with van der Waals surface area (Å²) in [6.07, 6.45) is 5.79. The summed E-state index contributed by atoms with van der Waals surface area (Å²) in [6, 6.07) is 6.76. The van der Waals surface area contributed by atoms with Crippen LogP contribution in [0.15, 0.2) is 23.2 Å². The van der Waals surface area contributed by atoms with Crippen LogP contribution >= 0.6 is 0 Å². The fraction of sp³-hybridized carbons (Fsp3) is 0.632. The lowest BCUT2D eigenvalue weighted by molar-refractivity contribution is -0.144. The van der Waals surface area contributed by atoms with Crippen LogP contribution in [-0.2, 0) is 21.5 Å². The minimum Gasteiger partial charge on any atom is -0.381 e. The highest BCUT2D eigenvalue weighted by molar-refractivity contribution is 5.78. The molecule has 0 aromatic heterocycles. The van der Waals surface area contributed by atoms with Crippen molar-refractivity contribution in [2.24, 2.45) is 16.1 Å². The van der Waals surface area contributed by atoms with E-state index in [0.717, 1.165) is 32.1 Å². The molecule has 130 valence electrons. The summed E-state index contributed by atoms with van der Waals surface area (Å²) in [5, 5.41) is 1.59. The van der Waals surface area contributed by atoms with Crippen LogP contribution in [0.1, 0.15) is 42.4 Å². The molecule has 1 unspecified atom stereocenters. The molecule has 1 aliphatic heterocycles. The molecule has 2 spiro atoms. The van der Waals surface area contributed by atoms with Crippen LogP contribution in [0.2, 0.25) is 0 Å². The molecule has 1 saturated carbocycles. The summed E-state index contributed by atoms with van der Waals surface area (Å²) >= 11 is 0. The Morgan fingerprint density at radius 3 is 2.75 bits per heavy atom. The molecule has 4 rings (SSSR count). The first kappa shape index (κ1) is 15.9. The molecule has 0 bridgehead atoms. The number of ether oxygens (including phenoxy) is 1. The number of guanidine groups is 1. The van der Waals surface area contributed by atoms with Crippen molar-refractivity contribution in [2.75, 3.05) is 20.8 Å². The van der Waals surface area contributed by atoms with Crippen LogP contribution in [0.5, 0.6) is 0 Å². The maximum Gasteiger partial charge on any atom is 0.216 e. The summed E-state index contributed by atoms with van der Waals surface area (Å²) in [6.45, 7) is 2.71. The van der Waals surface area contributed by atoms with Gasteiger partial charge in [-0.3, -0.25) is 4.84 Å². The van der Waals surface area contributed by atoms with Gasteiger partial charge in [-0.1, -0.05) is 23.8 Å². The molecular weight excluding hydrogens is 302 g/mol. The van der Waals surface area contributed by atoms with Gasteiger partial charge in [0.2, 0.25) is 5.96 Å². The Bertz CT molecular complexity index is 679. The zero-order chi connectivity index (χ0) is 16.9. The largest absolute Gasteiger partial charge is 0.381 e. The Kier molecular flexibility index (Phi) is 3.62. The van der Waals surface area contributed by atoms with E-state index >= 15 is 0 Å². The second-order valence-corrected chi connectivity index (χ2v) is 7.65. The van der Waals surface area contributed by atoms with Crippen LogP contribution in [0, 0.1) is 12.3 Å². The number of aryl methyl sites for hydroxylation is 1. The van der Waals surface area contributed by atoms with E-state index < -0.39 is 0 Å². The standard InChI is InChI=1S/C19H27N3O2/c1-13-4-5-14-11-18(8-6-15(23-3)7-9-18)19(16(14)10-13)12-24-22(2)17(20)21-19/h4-5,10,15H,6-9,11-12H2,1-3H3,(H2,20,21). The zero-order valence-corrected chi connectivity index (χ0v) is 14.8. The molecule has 1 aromatic rings. The fourth-order valence-electron chi connectivity index (χ4n) is 4.96. The van der Waals surface area contributed by atoms with E-state index in [2.05, 4.69) is 25.1 Å². The average molecular weight is 329 g/mol. The van der Waals surface area contributed by atoms with Gasteiger partial charge < -0.3 is 10.5 Å². The van der Waals surface area contributed by atoms with E-state index in [1.165, 1.54) is 16.7 Å². The van der Waals surface area contributed by atoms with Gasteiger partial charge in [0.05, 0.1) is 6.10 Å². The quantitative estimate of drug-likeness (QED) is 0.860. The first-order valence-corrected chi connectivity index (χ1v) is 8.84. The predicted molar refractivity (Wildman–Crippen MR) is 93.6 cm³/mol. The van der Waals surface area contributed by atoms with Gasteiger partial charge in [-0.05, 0) is 50.2 Å². The third-order valence-corrected chi connectivity index (χ3v) is 6.44. The van der Waals surface area contributed by atoms with Crippen molar-refractivity contribution in [2.45, 2.75) is 50.7 Å². The van der Waals surface area contributed by atoms with Crippen LogP contribution in [-0.4, -0.2) is 37.9 Å². The molecule has 0 radical (unpaired) electrons. The average Bonchev–Trinajstić information content (AvgIpc) is 2.82. The van der Waals surface area contributed by atoms with Gasteiger partial charge in [-0.25, -0.2) is 10.1 Å². The number of benzene rings is 1. The highest BCUT2D eigenvalue weighted by Crippen LogP contribution is 2.60. The maximum atomic E-state index is 6.20. The van der Waals surface area contributed by atoms with Gasteiger partial charge in [0, 0.05) is 19.6 Å². The minimum atomic E-state index is -0.357. The van der Waals surface area contributed by atoms with E-state index in [9.17, 15) is 0 Å². The highest BCUT2D eigenvalue weighted by atomic mass is 16.7. The monoisotopic (exact) mass is 329 g/mol. The van der Waals surface area contributed by atoms with Crippen molar-refractivity contribution in [1.82, 2.24) is 5.06 Å². The van der Waals surface area contributed by atoms with E-state index in [4.69, 9.17) is 20.3 Å². The van der Waals surface area contributed by atoms with Gasteiger partial charge >= 0.3 is 0 Å². The fourth-order valence-corrected chi connectivity index (χ4v) is 4.96. The Morgan fingerprint density at radius 1 is 1.33 bits per heavy atom. The molecule has 0 saturated heterocycles. The Hall–Kier alpha value is -1.59. The predicted octanol–water partition coefficient (Wildman–Crippen LogP) is 2.51. The number of hydrogen-bond donors (Lipinski definition) is 1. The van der Waals surface area contributed by atoms with Gasteiger partial charge in [0.15, 0.2) is 0 Å². The summed E-state index contributed by atoms with van der Waals surface area (Å²) in [5.41, 5.74) is 9.91. The SMILES string of the molecule is COC1CCC2(CC1)Cc1ccc(C)cc1C21CON(C)C(N)=N1. The molecular formula is C19H27N3O2. The lowest BCUT2D eigenvalue weighted by Gasteiger charge is -2.49. The molecule has 0 amide bonds. The van der Waals surface area contributed by atoms with Crippen molar-refractivity contribution < 1.29 is 9.57 Å². The molecule has 1 fully saturated rings. The number of hydrogen-bond acceptors (Lipinski definition) is 5. The molecule has 5 heteroatoms. The topological polar surface area (TPSA) is 60.1 Å². The summed E-state index contributed by atoms with van der Waals surface area (Å²) < 4.78 is 5.60. The van der Waals surface area contributed by atoms with Crippen LogP contribution < -0.4 is 5.73 Å². The van der Waals surface area contributed by atoms with Crippen molar-refractivity contribution in [3.8, 4) is 0 Å². The number of aliphatic imine (C=N–C) groups is 1. The minimum absolute atomic E-state index is 0.0873. The highest BCUT2D eigenvalue weighted by Gasteiger charge is 2.60. The van der Waals surface area contributed by atoms with Gasteiger partial charge in [0.1, 0.15) is 12.1 Å². The molecule has 24 heavy (non-hydrogen) atoms. The number of rotatable bonds is 1. The van der Waals surface area contributed by atoms with E-state index in [0.29, 0.717) is 18.7 Å². The number of fused-ring (bicyclic) bond motifs is 3. The maximum absolute atomic E-state index is 6.20. The number of nitrogens with zero attached hydrogens (tertiary/aromatic N) is 2. The lowest BCUT2D eigenvalue weighted by Crippen LogP contribution is -2.54. The van der Waals surface area contributed by atoms with Gasteiger partial charge in [-0.15, -0.1) is 0 Å². The third kappa shape index (κ3) is 2.11. The number of hydroxylamine groups is 2. The van der Waals surface area contributed by atoms with Crippen LogP contribution in [0.25, 0.3) is 0 Å². The molecule has 3 aliphatic rings. The van der Waals surface area contributed by atoms with E-state index in [-0.39, 0.29) is 11.0 Å². The Labute approximate surface area is 143 Å². The Morgan fingerprint density at radius 2 is 2.08 bits per heavy atom. The van der Waals surface area contributed by atoms with Crippen LogP contribution in [0.4, 0.5) is 0 Å². The normalized spacial score (nSPS) is 35.4. The molecule has 1 heterocycles. The second-order valence-electron chi connectivity index (χ2n) is 7.65. The molecule has 1 aromatic carbocycles. The summed E-state index contributed by atoms with van der Waals surface area (Å²) in [5.74, 6) is 0.476. The first-order chi connectivity index (χ1) is 11.5. The third-order valence-electron chi connectivity index (χ3n) is 6.44. The van der Waals surface area contributed by atoms with Crippen molar-refractivity contribution >= 4 is 5.96 Å². The van der Waals surface area contributed by atoms with Crippen molar-refractivity contribution in [3.05, 3.63) is 34.9 Å². The van der Waals surface area contributed by atoms with Gasteiger partial charge in [0.25, 0.3) is 0 Å². The second kappa shape index (κ2) is 5.46. The molecule has 2 aliphatic carbocycles. The van der Waals surface area contributed by atoms with E-state index in [1.54, 1.807) is 5.06 Å².